The van der Waals surface area contributed by atoms with Gasteiger partial charge in [-0.1, -0.05) is 43.3 Å². The Kier molecular flexibility index (Phi) is 7.28. The van der Waals surface area contributed by atoms with Gasteiger partial charge in [-0.25, -0.2) is 4.68 Å². The van der Waals surface area contributed by atoms with Gasteiger partial charge in [-0.2, -0.15) is 0 Å². The molecule has 1 N–H and O–H groups in total. The summed E-state index contributed by atoms with van der Waals surface area (Å²) in [5, 5.41) is 13.8. The van der Waals surface area contributed by atoms with Crippen LogP contribution >= 0.6 is 0 Å². The van der Waals surface area contributed by atoms with E-state index in [1.54, 1.807) is 6.26 Å². The van der Waals surface area contributed by atoms with Crippen LogP contribution in [-0.4, -0.2) is 30.1 Å². The number of aromatic nitrogens is 5. The number of furan rings is 1. The number of fused-ring (bicyclic) bond motifs is 1. The molecule has 0 radical (unpaired) electrons. The predicted octanol–water partition coefficient (Wildman–Crippen LogP) is 5.12. The highest BCUT2D eigenvalue weighted by Crippen LogP contribution is 2.27. The number of benzene rings is 2. The van der Waals surface area contributed by atoms with Crippen molar-refractivity contribution in [1.82, 2.24) is 30.1 Å². The molecule has 0 aliphatic carbocycles. The number of rotatable bonds is 10. The molecule has 0 aliphatic heterocycles. The Balaban J connectivity index is 1.47. The summed E-state index contributed by atoms with van der Waals surface area (Å²) in [6.45, 7) is 7.87. The summed E-state index contributed by atoms with van der Waals surface area (Å²) in [6, 6.07) is 20.2. The fraction of sp³-hybridized carbons (Fsp3) is 0.310. The van der Waals surface area contributed by atoms with Crippen LogP contribution in [0.4, 0.5) is 0 Å². The largest absolute Gasteiger partial charge is 0.468 e. The third kappa shape index (κ3) is 5.54. The molecule has 0 fully saturated rings. The third-order valence-corrected chi connectivity index (χ3v) is 6.84. The Morgan fingerprint density at radius 2 is 1.89 bits per heavy atom. The lowest BCUT2D eigenvalue weighted by Crippen LogP contribution is -2.32. The van der Waals surface area contributed by atoms with E-state index >= 15 is 0 Å². The van der Waals surface area contributed by atoms with E-state index in [4.69, 9.17) is 4.42 Å². The lowest BCUT2D eigenvalue weighted by Gasteiger charge is -2.29. The van der Waals surface area contributed by atoms with Gasteiger partial charge in [0, 0.05) is 29.6 Å². The number of nitrogens with one attached hydrogen (secondary N) is 1. The lowest BCUT2D eigenvalue weighted by molar-refractivity contribution is 0.148. The zero-order valence-corrected chi connectivity index (χ0v) is 21.5. The van der Waals surface area contributed by atoms with Gasteiger partial charge in [0.2, 0.25) is 0 Å². The first-order valence-corrected chi connectivity index (χ1v) is 12.7. The van der Waals surface area contributed by atoms with E-state index in [-0.39, 0.29) is 11.6 Å². The topological polar surface area (TPSA) is 92.8 Å². The molecule has 0 bridgehead atoms. The van der Waals surface area contributed by atoms with Crippen molar-refractivity contribution in [2.75, 3.05) is 0 Å². The zero-order chi connectivity index (χ0) is 25.8. The molecular formula is C29H32N6O2. The number of aryl methyl sites for hydroxylation is 4. The summed E-state index contributed by atoms with van der Waals surface area (Å²) in [5.74, 6) is 1.61. The van der Waals surface area contributed by atoms with Gasteiger partial charge in [0.1, 0.15) is 5.76 Å². The second-order valence-electron chi connectivity index (χ2n) is 9.57. The van der Waals surface area contributed by atoms with Gasteiger partial charge in [0.25, 0.3) is 5.56 Å². The van der Waals surface area contributed by atoms with Crippen molar-refractivity contribution in [2.24, 2.45) is 0 Å². The second-order valence-corrected chi connectivity index (χ2v) is 9.57. The van der Waals surface area contributed by atoms with Crippen molar-refractivity contribution < 1.29 is 4.42 Å². The molecule has 8 nitrogen and oxygen atoms in total. The predicted molar refractivity (Wildman–Crippen MR) is 143 cm³/mol. The van der Waals surface area contributed by atoms with E-state index in [1.807, 2.05) is 54.1 Å². The van der Waals surface area contributed by atoms with E-state index in [2.05, 4.69) is 57.5 Å². The summed E-state index contributed by atoms with van der Waals surface area (Å²) in [6.07, 6.45) is 3.28. The van der Waals surface area contributed by atoms with Gasteiger partial charge in [0.05, 0.1) is 18.8 Å². The van der Waals surface area contributed by atoms with Crippen LogP contribution in [-0.2, 0) is 26.1 Å². The van der Waals surface area contributed by atoms with E-state index < -0.39 is 0 Å². The van der Waals surface area contributed by atoms with Gasteiger partial charge in [-0.05, 0) is 78.1 Å². The minimum Gasteiger partial charge on any atom is -0.468 e. The SMILES string of the molecule is CC[C@H](c1nnnn1CCc1ccccc1)N(Cc1ccco1)Cc1cc2c(C)cc(C)cc2[nH]c1=O. The summed E-state index contributed by atoms with van der Waals surface area (Å²) < 4.78 is 7.58. The van der Waals surface area contributed by atoms with Gasteiger partial charge >= 0.3 is 0 Å². The molecule has 0 amide bonds. The molecule has 5 aromatic rings. The quantitative estimate of drug-likeness (QED) is 0.288. The zero-order valence-electron chi connectivity index (χ0n) is 21.5. The number of H-pyrrole nitrogens is 1. The molecular weight excluding hydrogens is 464 g/mol. The maximum atomic E-state index is 13.2. The number of hydrogen-bond acceptors (Lipinski definition) is 6. The molecule has 0 saturated heterocycles. The van der Waals surface area contributed by atoms with E-state index in [9.17, 15) is 4.79 Å². The Morgan fingerprint density at radius 1 is 1.05 bits per heavy atom. The van der Waals surface area contributed by atoms with Crippen LogP contribution in [0, 0.1) is 13.8 Å². The van der Waals surface area contributed by atoms with Gasteiger partial charge in [-0.15, -0.1) is 5.10 Å². The van der Waals surface area contributed by atoms with Crippen molar-refractivity contribution in [2.45, 2.75) is 59.3 Å². The molecule has 3 heterocycles. The molecule has 190 valence electrons. The first-order valence-electron chi connectivity index (χ1n) is 12.7. The number of tetrazole rings is 1. The van der Waals surface area contributed by atoms with Gasteiger partial charge in [0.15, 0.2) is 5.82 Å². The standard InChI is InChI=1S/C29H32N6O2/c1-4-27(28-31-32-33-35(28)13-12-22-9-6-5-7-10-22)34(19-24-11-8-14-37-24)18-23-17-25-21(3)15-20(2)16-26(25)30-29(23)36/h5-11,14-17,27H,4,12-13,18-19H2,1-3H3,(H,30,36)/t27-/m1/s1. The van der Waals surface area contributed by atoms with Crippen LogP contribution in [0.2, 0.25) is 0 Å². The maximum Gasteiger partial charge on any atom is 0.252 e. The normalized spacial score (nSPS) is 12.4. The fourth-order valence-corrected chi connectivity index (χ4v) is 5.02. The average molecular weight is 497 g/mol. The van der Waals surface area contributed by atoms with Crippen LogP contribution in [0.3, 0.4) is 0 Å². The fourth-order valence-electron chi connectivity index (χ4n) is 5.02. The smallest absolute Gasteiger partial charge is 0.252 e. The van der Waals surface area contributed by atoms with Crippen LogP contribution in [0.25, 0.3) is 10.9 Å². The third-order valence-electron chi connectivity index (χ3n) is 6.84. The molecule has 3 aromatic heterocycles. The van der Waals surface area contributed by atoms with Crippen molar-refractivity contribution in [3.8, 4) is 0 Å². The summed E-state index contributed by atoms with van der Waals surface area (Å²) in [5.41, 5.74) is 4.98. The minimum atomic E-state index is -0.106. The molecule has 0 saturated carbocycles. The Bertz CT molecular complexity index is 1520. The second kappa shape index (κ2) is 10.9. The summed E-state index contributed by atoms with van der Waals surface area (Å²) >= 11 is 0. The van der Waals surface area contributed by atoms with E-state index in [0.29, 0.717) is 25.2 Å². The molecule has 0 unspecified atom stereocenters. The Labute approximate surface area is 215 Å². The van der Waals surface area contributed by atoms with Crippen LogP contribution in [0.1, 0.15) is 53.2 Å². The van der Waals surface area contributed by atoms with Crippen LogP contribution in [0.15, 0.2) is 76.1 Å². The number of nitrogens with zero attached hydrogens (tertiary/aromatic N) is 5. The average Bonchev–Trinajstić information content (AvgIpc) is 3.57. The molecule has 37 heavy (non-hydrogen) atoms. The number of hydrogen-bond donors (Lipinski definition) is 1. The molecule has 0 aliphatic rings. The van der Waals surface area contributed by atoms with Crippen LogP contribution in [0.5, 0.6) is 0 Å². The molecule has 0 spiro atoms. The Hall–Kier alpha value is -4.04. The lowest BCUT2D eigenvalue weighted by atomic mass is 10.0. The van der Waals surface area contributed by atoms with E-state index in [0.717, 1.165) is 46.5 Å². The summed E-state index contributed by atoms with van der Waals surface area (Å²) in [7, 11) is 0. The number of aromatic amines is 1. The summed E-state index contributed by atoms with van der Waals surface area (Å²) in [4.78, 5) is 18.5. The van der Waals surface area contributed by atoms with Crippen LogP contribution < -0.4 is 5.56 Å². The minimum absolute atomic E-state index is 0.0829. The first kappa shape index (κ1) is 24.6. The molecule has 5 rings (SSSR count). The maximum absolute atomic E-state index is 13.2. The molecule has 2 aromatic carbocycles. The van der Waals surface area contributed by atoms with Crippen molar-refractivity contribution in [3.05, 3.63) is 111 Å². The van der Waals surface area contributed by atoms with Crippen molar-refractivity contribution in [1.29, 1.82) is 0 Å². The van der Waals surface area contributed by atoms with E-state index in [1.165, 1.54) is 5.56 Å². The van der Waals surface area contributed by atoms with Gasteiger partial charge < -0.3 is 9.40 Å². The molecule has 8 heteroatoms. The van der Waals surface area contributed by atoms with Crippen molar-refractivity contribution >= 4 is 10.9 Å². The molecule has 1 atom stereocenters. The Morgan fingerprint density at radius 3 is 2.65 bits per heavy atom. The van der Waals surface area contributed by atoms with Crippen molar-refractivity contribution in [3.63, 3.8) is 0 Å². The number of pyridine rings is 1. The highest BCUT2D eigenvalue weighted by atomic mass is 16.3. The highest BCUT2D eigenvalue weighted by Gasteiger charge is 2.26. The van der Waals surface area contributed by atoms with Gasteiger partial charge in [-0.3, -0.25) is 9.69 Å². The monoisotopic (exact) mass is 496 g/mol. The first-order chi connectivity index (χ1) is 18.0. The highest BCUT2D eigenvalue weighted by molar-refractivity contribution is 5.83.